The molecular formula is C23H22N4O5S. The standard InChI is InChI=1S/C23H22N4O5S/c1-12-16(8-5-9-17(12)27(31)32)26-20(28)18-15(10-11-33-2)25-23(19(18)21(26)29)13-6-3-4-7-14(13)24-22(23)30/h3-9,15,18-19,25H,10-11H2,1-2H3,(H,24,30)/t15-,18+,19-,23+/m0/s1. The number of anilines is 2. The Morgan fingerprint density at radius 1 is 1.12 bits per heavy atom. The van der Waals surface area contributed by atoms with Crippen molar-refractivity contribution in [3.63, 3.8) is 0 Å². The summed E-state index contributed by atoms with van der Waals surface area (Å²) in [5, 5.41) is 17.7. The van der Waals surface area contributed by atoms with Crippen molar-refractivity contribution < 1.29 is 19.3 Å². The molecule has 3 amide bonds. The second-order valence-electron chi connectivity index (χ2n) is 8.53. The number of nitrogens with zero attached hydrogens (tertiary/aromatic N) is 2. The van der Waals surface area contributed by atoms with Crippen LogP contribution in [0.3, 0.4) is 0 Å². The van der Waals surface area contributed by atoms with Crippen LogP contribution >= 0.6 is 11.8 Å². The highest BCUT2D eigenvalue weighted by molar-refractivity contribution is 7.98. The molecule has 0 saturated carbocycles. The van der Waals surface area contributed by atoms with Crippen molar-refractivity contribution in [2.75, 3.05) is 22.2 Å². The van der Waals surface area contributed by atoms with E-state index >= 15 is 0 Å². The third-order valence-electron chi connectivity index (χ3n) is 6.97. The lowest BCUT2D eigenvalue weighted by atomic mass is 9.76. The Balaban J connectivity index is 1.66. The van der Waals surface area contributed by atoms with Crippen LogP contribution in [-0.4, -0.2) is 40.7 Å². The number of fused-ring (bicyclic) bond motifs is 4. The van der Waals surface area contributed by atoms with E-state index in [1.807, 2.05) is 6.26 Å². The van der Waals surface area contributed by atoms with Crippen molar-refractivity contribution >= 4 is 46.5 Å². The van der Waals surface area contributed by atoms with Crippen LogP contribution in [0.4, 0.5) is 17.1 Å². The Labute approximate surface area is 194 Å². The molecule has 2 fully saturated rings. The summed E-state index contributed by atoms with van der Waals surface area (Å²) in [6, 6.07) is 11.1. The van der Waals surface area contributed by atoms with E-state index in [-0.39, 0.29) is 28.9 Å². The summed E-state index contributed by atoms with van der Waals surface area (Å²) in [5.74, 6) is -2.25. The number of carbonyl (C=O) groups is 3. The van der Waals surface area contributed by atoms with Gasteiger partial charge < -0.3 is 5.32 Å². The van der Waals surface area contributed by atoms with E-state index in [1.54, 1.807) is 42.1 Å². The number of para-hydroxylation sites is 1. The third kappa shape index (κ3) is 2.87. The molecule has 0 bridgehead atoms. The Bertz CT molecular complexity index is 1220. The van der Waals surface area contributed by atoms with E-state index < -0.39 is 34.1 Å². The number of nitrogens with one attached hydrogen (secondary N) is 2. The molecule has 9 nitrogen and oxygen atoms in total. The van der Waals surface area contributed by atoms with Gasteiger partial charge in [-0.25, -0.2) is 4.90 Å². The molecule has 3 heterocycles. The van der Waals surface area contributed by atoms with Crippen molar-refractivity contribution in [2.45, 2.75) is 24.9 Å². The van der Waals surface area contributed by atoms with Gasteiger partial charge in [-0.15, -0.1) is 0 Å². The predicted molar refractivity (Wildman–Crippen MR) is 124 cm³/mol. The minimum absolute atomic E-state index is 0.166. The van der Waals surface area contributed by atoms with Crippen LogP contribution in [0.25, 0.3) is 0 Å². The summed E-state index contributed by atoms with van der Waals surface area (Å²) in [5.41, 5.74) is 0.170. The predicted octanol–water partition coefficient (Wildman–Crippen LogP) is 2.58. The zero-order valence-corrected chi connectivity index (χ0v) is 18.8. The van der Waals surface area contributed by atoms with Crippen LogP contribution in [0.1, 0.15) is 17.5 Å². The zero-order valence-electron chi connectivity index (χ0n) is 18.0. The average Bonchev–Trinajstić information content (AvgIpc) is 3.37. The Morgan fingerprint density at radius 2 is 1.88 bits per heavy atom. The Kier molecular flexibility index (Phi) is 5.02. The van der Waals surface area contributed by atoms with Crippen LogP contribution in [0.2, 0.25) is 0 Å². The first-order chi connectivity index (χ1) is 15.8. The molecule has 2 aromatic rings. The fourth-order valence-electron chi connectivity index (χ4n) is 5.54. The SMILES string of the molecule is CSCC[C@@H]1N[C@@]2(C(=O)Nc3ccccc32)[C@@H]2C(=O)N(c3cccc([N+](=O)[O-])c3C)C(=O)[C@H]12. The minimum atomic E-state index is -1.36. The number of hydrogen-bond donors (Lipinski definition) is 2. The molecule has 0 radical (unpaired) electrons. The summed E-state index contributed by atoms with van der Waals surface area (Å²) in [6.07, 6.45) is 2.56. The van der Waals surface area contributed by atoms with Crippen LogP contribution in [0.15, 0.2) is 42.5 Å². The Hall–Kier alpha value is -3.24. The molecule has 170 valence electrons. The number of hydrogen-bond acceptors (Lipinski definition) is 7. The number of rotatable bonds is 5. The topological polar surface area (TPSA) is 122 Å². The normalized spacial score (nSPS) is 27.8. The summed E-state index contributed by atoms with van der Waals surface area (Å²) < 4.78 is 0. The molecule has 2 aromatic carbocycles. The van der Waals surface area contributed by atoms with Crippen LogP contribution in [0.5, 0.6) is 0 Å². The van der Waals surface area contributed by atoms with Gasteiger partial charge in [0.2, 0.25) is 17.7 Å². The summed E-state index contributed by atoms with van der Waals surface area (Å²) in [6.45, 7) is 1.53. The average molecular weight is 467 g/mol. The molecular weight excluding hydrogens is 444 g/mol. The summed E-state index contributed by atoms with van der Waals surface area (Å²) >= 11 is 1.62. The number of nitro benzene ring substituents is 1. The maximum atomic E-state index is 13.9. The van der Waals surface area contributed by atoms with Crippen molar-refractivity contribution in [1.82, 2.24) is 5.32 Å². The van der Waals surface area contributed by atoms with Crippen LogP contribution in [0, 0.1) is 28.9 Å². The fraction of sp³-hybridized carbons (Fsp3) is 0.348. The molecule has 1 spiro atoms. The fourth-order valence-corrected chi connectivity index (χ4v) is 6.03. The van der Waals surface area contributed by atoms with Crippen molar-refractivity contribution in [2.24, 2.45) is 11.8 Å². The first-order valence-electron chi connectivity index (χ1n) is 10.6. The van der Waals surface area contributed by atoms with Crippen molar-refractivity contribution in [3.8, 4) is 0 Å². The first-order valence-corrected chi connectivity index (χ1v) is 12.0. The monoisotopic (exact) mass is 466 g/mol. The second-order valence-corrected chi connectivity index (χ2v) is 9.52. The number of carbonyl (C=O) groups excluding carboxylic acids is 3. The highest BCUT2D eigenvalue weighted by Crippen LogP contribution is 2.54. The molecule has 3 aliphatic rings. The summed E-state index contributed by atoms with van der Waals surface area (Å²) in [7, 11) is 0. The Morgan fingerprint density at radius 3 is 2.61 bits per heavy atom. The number of benzene rings is 2. The highest BCUT2D eigenvalue weighted by atomic mass is 32.2. The number of thioether (sulfide) groups is 1. The molecule has 5 rings (SSSR count). The van der Waals surface area contributed by atoms with Crippen LogP contribution in [-0.2, 0) is 19.9 Å². The zero-order chi connectivity index (χ0) is 23.5. The van der Waals surface area contributed by atoms with Gasteiger partial charge in [0, 0.05) is 23.4 Å². The smallest absolute Gasteiger partial charge is 0.274 e. The number of imide groups is 1. The molecule has 0 aliphatic carbocycles. The molecule has 0 unspecified atom stereocenters. The molecule has 2 saturated heterocycles. The molecule has 0 aromatic heterocycles. The van der Waals surface area contributed by atoms with Gasteiger partial charge in [-0.2, -0.15) is 11.8 Å². The van der Waals surface area contributed by atoms with E-state index in [4.69, 9.17) is 0 Å². The van der Waals surface area contributed by atoms with Gasteiger partial charge in [0.1, 0.15) is 5.54 Å². The van der Waals surface area contributed by atoms with E-state index in [1.165, 1.54) is 19.1 Å². The molecule has 3 aliphatic heterocycles. The van der Waals surface area contributed by atoms with Crippen molar-refractivity contribution in [3.05, 3.63) is 63.7 Å². The lowest BCUT2D eigenvalue weighted by molar-refractivity contribution is -0.385. The minimum Gasteiger partial charge on any atom is -0.324 e. The van der Waals surface area contributed by atoms with E-state index in [2.05, 4.69) is 10.6 Å². The maximum Gasteiger partial charge on any atom is 0.274 e. The van der Waals surface area contributed by atoms with Crippen LogP contribution < -0.4 is 15.5 Å². The quantitative estimate of drug-likeness (QED) is 0.395. The molecule has 33 heavy (non-hydrogen) atoms. The maximum absolute atomic E-state index is 13.9. The molecule has 2 N–H and O–H groups in total. The van der Waals surface area contributed by atoms with Gasteiger partial charge in [0.25, 0.3) is 5.69 Å². The number of nitro groups is 1. The van der Waals surface area contributed by atoms with Gasteiger partial charge >= 0.3 is 0 Å². The largest absolute Gasteiger partial charge is 0.324 e. The van der Waals surface area contributed by atoms with Gasteiger partial charge in [-0.3, -0.25) is 29.8 Å². The highest BCUT2D eigenvalue weighted by Gasteiger charge is 2.70. The first kappa shape index (κ1) is 21.6. The second kappa shape index (κ2) is 7.67. The molecule has 10 heteroatoms. The van der Waals surface area contributed by atoms with Gasteiger partial charge in [-0.1, -0.05) is 24.3 Å². The lowest BCUT2D eigenvalue weighted by Crippen LogP contribution is -2.53. The van der Waals surface area contributed by atoms with E-state index in [0.29, 0.717) is 17.7 Å². The number of amides is 3. The van der Waals surface area contributed by atoms with Gasteiger partial charge in [0.15, 0.2) is 0 Å². The van der Waals surface area contributed by atoms with E-state index in [9.17, 15) is 24.5 Å². The lowest BCUT2D eigenvalue weighted by Gasteiger charge is -2.29. The van der Waals surface area contributed by atoms with E-state index in [0.717, 1.165) is 10.7 Å². The molecule has 4 atom stereocenters. The third-order valence-corrected chi connectivity index (χ3v) is 7.61. The van der Waals surface area contributed by atoms with Gasteiger partial charge in [0.05, 0.1) is 28.0 Å². The summed E-state index contributed by atoms with van der Waals surface area (Å²) in [4.78, 5) is 52.9. The van der Waals surface area contributed by atoms with Crippen molar-refractivity contribution in [1.29, 1.82) is 0 Å². The van der Waals surface area contributed by atoms with Gasteiger partial charge in [-0.05, 0) is 37.5 Å².